The van der Waals surface area contributed by atoms with Gasteiger partial charge in [-0.2, -0.15) is 0 Å². The van der Waals surface area contributed by atoms with Gasteiger partial charge < -0.3 is 10.3 Å². The van der Waals surface area contributed by atoms with Gasteiger partial charge in [-0.05, 0) is 42.5 Å². The maximum Gasteiger partial charge on any atom is 0.251 e. The van der Waals surface area contributed by atoms with Gasteiger partial charge in [-0.3, -0.25) is 4.79 Å². The summed E-state index contributed by atoms with van der Waals surface area (Å²) in [5.41, 5.74) is 9.04. The molecule has 0 saturated carbocycles. The van der Waals surface area contributed by atoms with Gasteiger partial charge >= 0.3 is 0 Å². The van der Waals surface area contributed by atoms with Crippen molar-refractivity contribution in [2.24, 2.45) is 5.73 Å². The van der Waals surface area contributed by atoms with E-state index in [-0.39, 0.29) is 17.4 Å². The topological polar surface area (TPSA) is 48.0 Å². The molecule has 3 rings (SSSR count). The van der Waals surface area contributed by atoms with E-state index in [1.165, 1.54) is 12.1 Å². The average Bonchev–Trinajstić information content (AvgIpc) is 2.44. The van der Waals surface area contributed by atoms with E-state index >= 15 is 0 Å². The smallest absolute Gasteiger partial charge is 0.251 e. The predicted octanol–water partition coefficient (Wildman–Crippen LogP) is 3.13. The van der Waals surface area contributed by atoms with Crippen molar-refractivity contribution in [3.05, 3.63) is 67.8 Å². The molecular weight excluding hydrogens is 335 g/mol. The summed E-state index contributed by atoms with van der Waals surface area (Å²) < 4.78 is 15.6. The Kier molecular flexibility index (Phi) is 3.95. The monoisotopic (exact) mass is 350 g/mol. The van der Waals surface area contributed by atoms with Gasteiger partial charge in [0.25, 0.3) is 5.56 Å². The highest BCUT2D eigenvalue weighted by molar-refractivity contribution is 9.10. The molecule has 0 spiro atoms. The zero-order valence-electron chi connectivity index (χ0n) is 11.5. The minimum Gasteiger partial charge on any atom is -0.324 e. The van der Waals surface area contributed by atoms with E-state index < -0.39 is 0 Å². The summed E-state index contributed by atoms with van der Waals surface area (Å²) >= 11 is 3.36. The lowest BCUT2D eigenvalue weighted by atomic mass is 9.91. The number of rotatable bonds is 2. The van der Waals surface area contributed by atoms with Crippen LogP contribution in [0.4, 0.5) is 4.39 Å². The maximum atomic E-state index is 13.2. The van der Waals surface area contributed by atoms with E-state index in [4.69, 9.17) is 5.73 Å². The molecule has 1 aliphatic carbocycles. The average molecular weight is 351 g/mol. The second-order valence-electron chi connectivity index (χ2n) is 5.39. The van der Waals surface area contributed by atoms with E-state index in [0.717, 1.165) is 36.1 Å². The lowest BCUT2D eigenvalue weighted by Crippen LogP contribution is -2.29. The minimum atomic E-state index is -0.296. The normalized spacial score (nSPS) is 17.6. The van der Waals surface area contributed by atoms with Gasteiger partial charge in [0.1, 0.15) is 5.82 Å². The second kappa shape index (κ2) is 5.73. The molecule has 0 bridgehead atoms. The third-order valence-electron chi connectivity index (χ3n) is 4.00. The molecule has 110 valence electrons. The molecule has 1 unspecified atom stereocenters. The lowest BCUT2D eigenvalue weighted by Gasteiger charge is -2.25. The van der Waals surface area contributed by atoms with Crippen LogP contribution in [-0.2, 0) is 13.0 Å². The van der Waals surface area contributed by atoms with Crippen molar-refractivity contribution in [3.63, 3.8) is 0 Å². The molecular formula is C16H16BrFN2O. The van der Waals surface area contributed by atoms with Crippen LogP contribution in [0.25, 0.3) is 0 Å². The van der Waals surface area contributed by atoms with Crippen LogP contribution in [0.15, 0.2) is 39.6 Å². The molecule has 2 aromatic rings. The SMILES string of the molecule is NC1CCCc2c1ccc(=O)n2Cc1ccc(F)cc1Br. The number of pyridine rings is 1. The molecule has 2 N–H and O–H groups in total. The van der Waals surface area contributed by atoms with E-state index in [2.05, 4.69) is 15.9 Å². The lowest BCUT2D eigenvalue weighted by molar-refractivity contribution is 0.529. The number of aromatic nitrogens is 1. The number of hydrogen-bond donors (Lipinski definition) is 1. The Morgan fingerprint density at radius 3 is 2.90 bits per heavy atom. The molecule has 3 nitrogen and oxygen atoms in total. The van der Waals surface area contributed by atoms with Gasteiger partial charge in [-0.25, -0.2) is 4.39 Å². The Balaban J connectivity index is 2.06. The summed E-state index contributed by atoms with van der Waals surface area (Å²) in [4.78, 5) is 12.2. The highest BCUT2D eigenvalue weighted by Crippen LogP contribution is 2.27. The molecule has 1 atom stereocenters. The Labute approximate surface area is 130 Å². The standard InChI is InChI=1S/C16H16BrFN2O/c17-13-8-11(18)5-4-10(13)9-20-15-3-1-2-14(19)12(15)6-7-16(20)21/h4-8,14H,1-3,9,19H2. The molecule has 1 aromatic heterocycles. The number of nitrogens with zero attached hydrogens (tertiary/aromatic N) is 1. The van der Waals surface area contributed by atoms with Crippen molar-refractivity contribution in [2.75, 3.05) is 0 Å². The van der Waals surface area contributed by atoms with Crippen LogP contribution < -0.4 is 11.3 Å². The summed E-state index contributed by atoms with van der Waals surface area (Å²) in [5, 5.41) is 0. The molecule has 0 saturated heterocycles. The Morgan fingerprint density at radius 2 is 2.14 bits per heavy atom. The second-order valence-corrected chi connectivity index (χ2v) is 6.25. The molecule has 0 fully saturated rings. The highest BCUT2D eigenvalue weighted by Gasteiger charge is 2.20. The van der Waals surface area contributed by atoms with Gasteiger partial charge in [0.2, 0.25) is 0 Å². The zero-order chi connectivity index (χ0) is 15.0. The van der Waals surface area contributed by atoms with E-state index in [1.54, 1.807) is 16.7 Å². The predicted molar refractivity (Wildman–Crippen MR) is 83.8 cm³/mol. The number of nitrogens with two attached hydrogens (primary N) is 1. The quantitative estimate of drug-likeness (QED) is 0.904. The van der Waals surface area contributed by atoms with Crippen LogP contribution >= 0.6 is 15.9 Å². The number of halogens is 2. The molecule has 1 aromatic carbocycles. The van der Waals surface area contributed by atoms with Crippen LogP contribution in [0, 0.1) is 5.82 Å². The molecule has 0 aliphatic heterocycles. The molecule has 0 amide bonds. The number of benzene rings is 1. The van der Waals surface area contributed by atoms with Gasteiger partial charge in [-0.1, -0.05) is 28.1 Å². The minimum absolute atomic E-state index is 0.00254. The maximum absolute atomic E-state index is 13.2. The van der Waals surface area contributed by atoms with E-state index in [1.807, 2.05) is 6.07 Å². The fourth-order valence-electron chi connectivity index (χ4n) is 2.89. The Bertz CT molecular complexity index is 742. The fraction of sp³-hybridized carbons (Fsp3) is 0.312. The van der Waals surface area contributed by atoms with Gasteiger partial charge in [0.05, 0.1) is 6.54 Å². The van der Waals surface area contributed by atoms with Crippen LogP contribution in [-0.4, -0.2) is 4.57 Å². The Hall–Kier alpha value is -1.46. The first-order valence-corrected chi connectivity index (χ1v) is 7.77. The molecule has 0 radical (unpaired) electrons. The summed E-state index contributed by atoms with van der Waals surface area (Å²) in [6.45, 7) is 0.426. The van der Waals surface area contributed by atoms with Crippen molar-refractivity contribution in [1.29, 1.82) is 0 Å². The van der Waals surface area contributed by atoms with E-state index in [0.29, 0.717) is 11.0 Å². The first-order chi connectivity index (χ1) is 10.1. The summed E-state index contributed by atoms with van der Waals surface area (Å²) in [6.07, 6.45) is 2.80. The first-order valence-electron chi connectivity index (χ1n) is 6.98. The summed E-state index contributed by atoms with van der Waals surface area (Å²) in [6, 6.07) is 7.94. The van der Waals surface area contributed by atoms with Crippen LogP contribution in [0.1, 0.15) is 35.7 Å². The van der Waals surface area contributed by atoms with E-state index in [9.17, 15) is 9.18 Å². The highest BCUT2D eigenvalue weighted by atomic mass is 79.9. The summed E-state index contributed by atoms with van der Waals surface area (Å²) in [5.74, 6) is -0.296. The zero-order valence-corrected chi connectivity index (χ0v) is 13.1. The van der Waals surface area contributed by atoms with Crippen molar-refractivity contribution < 1.29 is 4.39 Å². The first kappa shape index (κ1) is 14.5. The Morgan fingerprint density at radius 1 is 1.33 bits per heavy atom. The van der Waals surface area contributed by atoms with Gasteiger partial charge in [0, 0.05) is 22.3 Å². The third-order valence-corrected chi connectivity index (χ3v) is 4.74. The summed E-state index contributed by atoms with van der Waals surface area (Å²) in [7, 11) is 0. The molecule has 5 heteroatoms. The molecule has 21 heavy (non-hydrogen) atoms. The van der Waals surface area contributed by atoms with Crippen molar-refractivity contribution in [2.45, 2.75) is 31.8 Å². The van der Waals surface area contributed by atoms with Gasteiger partial charge in [-0.15, -0.1) is 0 Å². The van der Waals surface area contributed by atoms with Crippen molar-refractivity contribution in [1.82, 2.24) is 4.57 Å². The number of fused-ring (bicyclic) bond motifs is 1. The molecule has 1 heterocycles. The fourth-order valence-corrected chi connectivity index (χ4v) is 3.37. The van der Waals surface area contributed by atoms with Gasteiger partial charge in [0.15, 0.2) is 0 Å². The third kappa shape index (κ3) is 2.80. The van der Waals surface area contributed by atoms with Crippen LogP contribution in [0.2, 0.25) is 0 Å². The van der Waals surface area contributed by atoms with Crippen molar-refractivity contribution in [3.8, 4) is 0 Å². The molecule has 1 aliphatic rings. The van der Waals surface area contributed by atoms with Crippen LogP contribution in [0.5, 0.6) is 0 Å². The largest absolute Gasteiger partial charge is 0.324 e. The van der Waals surface area contributed by atoms with Crippen molar-refractivity contribution >= 4 is 15.9 Å². The van der Waals surface area contributed by atoms with Crippen LogP contribution in [0.3, 0.4) is 0 Å². The number of hydrogen-bond acceptors (Lipinski definition) is 2.